The number of aliphatic hydroxyl groups is 1. The maximum absolute atomic E-state index is 12.9. The van der Waals surface area contributed by atoms with E-state index in [0.29, 0.717) is 18.9 Å². The van der Waals surface area contributed by atoms with Crippen LogP contribution in [0.15, 0.2) is 40.9 Å². The molecule has 0 saturated heterocycles. The van der Waals surface area contributed by atoms with Gasteiger partial charge in [0.05, 0.1) is 24.0 Å². The van der Waals surface area contributed by atoms with Gasteiger partial charge >= 0.3 is 0 Å². The number of hydrogen-bond acceptors (Lipinski definition) is 6. The van der Waals surface area contributed by atoms with Gasteiger partial charge in [-0.05, 0) is 94.9 Å². The highest BCUT2D eigenvalue weighted by molar-refractivity contribution is 6.00. The maximum Gasteiger partial charge on any atom is 0.246 e. The van der Waals surface area contributed by atoms with E-state index in [-0.39, 0.29) is 60.2 Å². The zero-order valence-electron chi connectivity index (χ0n) is 27.5. The highest BCUT2D eigenvalue weighted by Crippen LogP contribution is 2.69. The van der Waals surface area contributed by atoms with E-state index in [4.69, 9.17) is 19.2 Å². The van der Waals surface area contributed by atoms with Crippen molar-refractivity contribution in [2.24, 2.45) is 22.2 Å². The van der Waals surface area contributed by atoms with E-state index in [9.17, 15) is 9.90 Å². The number of carbonyl (C=O) groups is 1. The molecule has 4 aliphatic rings. The van der Waals surface area contributed by atoms with Crippen molar-refractivity contribution >= 4 is 22.5 Å². The Labute approximate surface area is 262 Å². The van der Waals surface area contributed by atoms with E-state index in [1.54, 1.807) is 0 Å². The van der Waals surface area contributed by atoms with Gasteiger partial charge in [-0.15, -0.1) is 0 Å². The number of amides is 1. The molecule has 1 aromatic heterocycles. The molecule has 1 amide bonds. The van der Waals surface area contributed by atoms with E-state index >= 15 is 0 Å². The molecule has 3 N–H and O–H groups in total. The number of ether oxygens (including phenoxy) is 3. The predicted octanol–water partition coefficient (Wildman–Crippen LogP) is 5.62. The molecule has 3 aliphatic carbocycles. The van der Waals surface area contributed by atoms with Crippen LogP contribution in [-0.2, 0) is 30.8 Å². The Morgan fingerprint density at radius 3 is 2.70 bits per heavy atom. The largest absolute Gasteiger partial charge is 0.396 e. The number of nitrogens with one attached hydrogen (secondary N) is 2. The zero-order valence-corrected chi connectivity index (χ0v) is 27.5. The Morgan fingerprint density at radius 2 is 1.98 bits per heavy atom. The van der Waals surface area contributed by atoms with Crippen molar-refractivity contribution in [3.63, 3.8) is 0 Å². The van der Waals surface area contributed by atoms with Crippen molar-refractivity contribution in [1.29, 1.82) is 0 Å². The number of aliphatic imine (C=N–C) groups is 1. The van der Waals surface area contributed by atoms with E-state index in [1.807, 2.05) is 20.8 Å². The van der Waals surface area contributed by atoms with E-state index in [2.05, 4.69) is 68.3 Å². The number of carbonyl (C=O) groups excluding carboxylic acids is 1. The van der Waals surface area contributed by atoms with Gasteiger partial charge in [0.25, 0.3) is 0 Å². The number of H-pyrrole nitrogens is 1. The van der Waals surface area contributed by atoms with Gasteiger partial charge in [-0.3, -0.25) is 9.79 Å². The summed E-state index contributed by atoms with van der Waals surface area (Å²) in [4.78, 5) is 21.7. The summed E-state index contributed by atoms with van der Waals surface area (Å²) in [5, 5.41) is 13.8. The van der Waals surface area contributed by atoms with Crippen LogP contribution in [-0.4, -0.2) is 71.6 Å². The summed E-state index contributed by atoms with van der Waals surface area (Å²) in [5.41, 5.74) is 5.58. The minimum absolute atomic E-state index is 0.0209. The fourth-order valence-corrected chi connectivity index (χ4v) is 9.14. The summed E-state index contributed by atoms with van der Waals surface area (Å²) in [6.07, 6.45) is 5.81. The lowest BCUT2D eigenvalue weighted by atomic mass is 9.43. The number of rotatable bonds is 9. The quantitative estimate of drug-likeness (QED) is 0.322. The average Bonchev–Trinajstić information content (AvgIpc) is 3.46. The van der Waals surface area contributed by atoms with Crippen LogP contribution >= 0.6 is 0 Å². The SMILES string of the molecule is CC(C)NC(=O)CO[C@H]1C[C@H]2Cc3c([nH]c4ccccc34)[C@]2(C)C2(C)CCC3(OC(C)C)OC(C)/C(=N\CCCO)C=C3C12. The monoisotopic (exact) mass is 605 g/mol. The molecule has 2 aromatic rings. The normalized spacial score (nSPS) is 35.4. The molecule has 1 aliphatic heterocycles. The fraction of sp³-hybridized carbons (Fsp3) is 0.667. The number of aromatic amines is 1. The molecule has 0 bridgehead atoms. The first-order valence-corrected chi connectivity index (χ1v) is 16.7. The van der Waals surface area contributed by atoms with Crippen LogP contribution in [0, 0.1) is 17.3 Å². The minimum Gasteiger partial charge on any atom is -0.396 e. The highest BCUT2D eigenvalue weighted by Gasteiger charge is 2.69. The fourth-order valence-electron chi connectivity index (χ4n) is 9.14. The van der Waals surface area contributed by atoms with Gasteiger partial charge in [0.1, 0.15) is 6.61 Å². The molecule has 2 heterocycles. The molecule has 240 valence electrons. The van der Waals surface area contributed by atoms with Gasteiger partial charge in [0, 0.05) is 53.5 Å². The molecule has 44 heavy (non-hydrogen) atoms. The van der Waals surface area contributed by atoms with Crippen LogP contribution in [0.4, 0.5) is 0 Å². The molecule has 2 fully saturated rings. The molecule has 4 unspecified atom stereocenters. The van der Waals surface area contributed by atoms with Crippen molar-refractivity contribution in [3.8, 4) is 0 Å². The number of benzene rings is 1. The molecule has 8 nitrogen and oxygen atoms in total. The Balaban J connectivity index is 1.50. The Morgan fingerprint density at radius 1 is 1.20 bits per heavy atom. The Bertz CT molecular complexity index is 1460. The van der Waals surface area contributed by atoms with E-state index in [1.165, 1.54) is 22.2 Å². The standard InChI is InChI=1S/C36H51N3O5/c1-21(2)38-31(41)20-42-30-18-24-17-26-25-11-8-9-12-28(25)39-33(26)35(24,7)34(6)13-14-36(43-22(3)4)27(32(30)34)19-29(23(5)44-36)37-15-10-16-40/h8-9,11-12,19,21-24,30,32,39-40H,10,13-18,20H2,1-7H3,(H,38,41)/b37-29-/t23?,24-,30+,32?,34?,35-,36?/m1/s1. The third-order valence-electron chi connectivity index (χ3n) is 11.1. The summed E-state index contributed by atoms with van der Waals surface area (Å²) in [6.45, 7) is 15.7. The first-order chi connectivity index (χ1) is 20.9. The first-order valence-electron chi connectivity index (χ1n) is 16.7. The number of nitrogens with zero attached hydrogens (tertiary/aromatic N) is 1. The van der Waals surface area contributed by atoms with Crippen molar-refractivity contribution < 1.29 is 24.1 Å². The summed E-state index contributed by atoms with van der Waals surface area (Å²) in [6, 6.07) is 8.71. The highest BCUT2D eigenvalue weighted by atomic mass is 16.7. The molecule has 8 heteroatoms. The number of aromatic nitrogens is 1. The number of fused-ring (bicyclic) bond motifs is 9. The van der Waals surface area contributed by atoms with E-state index in [0.717, 1.165) is 37.0 Å². The molecule has 6 rings (SSSR count). The molecule has 0 spiro atoms. The summed E-state index contributed by atoms with van der Waals surface area (Å²) in [5.74, 6) is -0.670. The van der Waals surface area contributed by atoms with Gasteiger partial charge in [-0.1, -0.05) is 32.0 Å². The lowest BCUT2D eigenvalue weighted by molar-refractivity contribution is -0.276. The average molecular weight is 606 g/mol. The third kappa shape index (κ3) is 4.97. The van der Waals surface area contributed by atoms with Crippen LogP contribution in [0.1, 0.15) is 85.4 Å². The lowest BCUT2D eigenvalue weighted by Gasteiger charge is -2.64. The molecular formula is C36H51N3O5. The molecule has 2 saturated carbocycles. The maximum atomic E-state index is 12.9. The van der Waals surface area contributed by atoms with Gasteiger partial charge in [0.15, 0.2) is 5.79 Å². The van der Waals surface area contributed by atoms with Crippen LogP contribution in [0.2, 0.25) is 0 Å². The second-order valence-corrected chi connectivity index (χ2v) is 14.5. The van der Waals surface area contributed by atoms with Gasteiger partial charge in [-0.25, -0.2) is 0 Å². The smallest absolute Gasteiger partial charge is 0.246 e. The minimum atomic E-state index is -0.888. The van der Waals surface area contributed by atoms with Crippen molar-refractivity contribution in [1.82, 2.24) is 10.3 Å². The van der Waals surface area contributed by atoms with Gasteiger partial charge in [0.2, 0.25) is 5.91 Å². The lowest BCUT2D eigenvalue weighted by Crippen LogP contribution is -2.66. The summed E-state index contributed by atoms with van der Waals surface area (Å²) in [7, 11) is 0. The molecule has 0 radical (unpaired) electrons. The number of para-hydroxylation sites is 1. The summed E-state index contributed by atoms with van der Waals surface area (Å²) >= 11 is 0. The topological polar surface area (TPSA) is 105 Å². The summed E-state index contributed by atoms with van der Waals surface area (Å²) < 4.78 is 20.4. The Hall–Kier alpha value is -2.52. The predicted molar refractivity (Wildman–Crippen MR) is 173 cm³/mol. The first kappa shape index (κ1) is 31.5. The Kier molecular flexibility index (Phi) is 8.36. The molecule has 1 aromatic carbocycles. The van der Waals surface area contributed by atoms with Crippen LogP contribution < -0.4 is 5.32 Å². The molecule has 7 atom stereocenters. The molecular weight excluding hydrogens is 554 g/mol. The third-order valence-corrected chi connectivity index (χ3v) is 11.1. The number of aliphatic hydroxyl groups excluding tert-OH is 1. The van der Waals surface area contributed by atoms with Crippen molar-refractivity contribution in [2.45, 2.75) is 116 Å². The van der Waals surface area contributed by atoms with Crippen LogP contribution in [0.25, 0.3) is 10.9 Å². The second-order valence-electron chi connectivity index (χ2n) is 14.5. The van der Waals surface area contributed by atoms with Crippen molar-refractivity contribution in [2.75, 3.05) is 19.8 Å². The van der Waals surface area contributed by atoms with Crippen LogP contribution in [0.5, 0.6) is 0 Å². The van der Waals surface area contributed by atoms with Crippen molar-refractivity contribution in [3.05, 3.63) is 47.2 Å². The zero-order chi connectivity index (χ0) is 31.4. The van der Waals surface area contributed by atoms with Gasteiger partial charge < -0.3 is 29.6 Å². The van der Waals surface area contributed by atoms with Crippen LogP contribution in [0.3, 0.4) is 0 Å². The number of hydrogen-bond donors (Lipinski definition) is 3. The van der Waals surface area contributed by atoms with Gasteiger partial charge in [-0.2, -0.15) is 0 Å². The van der Waals surface area contributed by atoms with E-state index < -0.39 is 5.79 Å². The second kappa shape index (κ2) is 11.7.